The first-order chi connectivity index (χ1) is 13.9. The topological polar surface area (TPSA) is 97.7 Å². The summed E-state index contributed by atoms with van der Waals surface area (Å²) in [5, 5.41) is 11.1. The van der Waals surface area contributed by atoms with Gasteiger partial charge in [-0.15, -0.1) is 11.6 Å². The van der Waals surface area contributed by atoms with Crippen LogP contribution in [0.2, 0.25) is 0 Å². The summed E-state index contributed by atoms with van der Waals surface area (Å²) in [5.74, 6) is -1.79. The minimum absolute atomic E-state index is 0.0182. The number of fused-ring (bicyclic) bond motifs is 5. The number of hydrogen-bond acceptors (Lipinski definition) is 6. The summed E-state index contributed by atoms with van der Waals surface area (Å²) >= 11 is 6.71. The Hall–Kier alpha value is -1.79. The molecule has 0 heterocycles. The van der Waals surface area contributed by atoms with E-state index in [-0.39, 0.29) is 47.5 Å². The monoisotopic (exact) mass is 434 g/mol. The van der Waals surface area contributed by atoms with Crippen molar-refractivity contribution in [3.8, 4) is 0 Å². The van der Waals surface area contributed by atoms with Crippen molar-refractivity contribution in [1.29, 1.82) is 0 Å². The summed E-state index contributed by atoms with van der Waals surface area (Å²) in [7, 11) is 0. The maximum atomic E-state index is 13.5. The van der Waals surface area contributed by atoms with E-state index in [1.165, 1.54) is 13.0 Å². The van der Waals surface area contributed by atoms with Crippen LogP contribution in [0.4, 0.5) is 0 Å². The maximum Gasteiger partial charge on any atom is 0.303 e. The van der Waals surface area contributed by atoms with Gasteiger partial charge in [-0.2, -0.15) is 0 Å². The number of esters is 1. The summed E-state index contributed by atoms with van der Waals surface area (Å²) < 4.78 is 4.85. The van der Waals surface area contributed by atoms with E-state index in [9.17, 15) is 24.3 Å². The third-order valence-corrected chi connectivity index (χ3v) is 8.67. The molecule has 7 heteroatoms. The normalized spacial score (nSPS) is 44.6. The Morgan fingerprint density at radius 2 is 2.00 bits per heavy atom. The van der Waals surface area contributed by atoms with E-state index < -0.39 is 34.8 Å². The van der Waals surface area contributed by atoms with Crippen LogP contribution in [0.15, 0.2) is 23.8 Å². The van der Waals surface area contributed by atoms with E-state index in [4.69, 9.17) is 16.3 Å². The lowest BCUT2D eigenvalue weighted by Gasteiger charge is -2.57. The highest BCUT2D eigenvalue weighted by Gasteiger charge is 2.69. The SMILES string of the molecule is CC(=O)OCC(=O)[C@@]1(O)CCC2C3C[C@H](Cl)C4=CC(=O)C=C[C@]4(C)C3C(=O)C[C@@]21C. The molecule has 0 aromatic heterocycles. The minimum atomic E-state index is -1.72. The van der Waals surface area contributed by atoms with Crippen LogP contribution >= 0.6 is 11.6 Å². The maximum absolute atomic E-state index is 13.5. The fourth-order valence-electron chi connectivity index (χ4n) is 6.79. The van der Waals surface area contributed by atoms with Crippen molar-refractivity contribution >= 4 is 34.9 Å². The molecule has 4 aliphatic rings. The van der Waals surface area contributed by atoms with E-state index in [0.717, 1.165) is 5.57 Å². The Balaban J connectivity index is 1.71. The number of allylic oxidation sites excluding steroid dienone is 4. The van der Waals surface area contributed by atoms with Crippen LogP contribution < -0.4 is 0 Å². The molecule has 0 bridgehead atoms. The van der Waals surface area contributed by atoms with Crippen LogP contribution in [0.1, 0.15) is 46.5 Å². The zero-order valence-electron chi connectivity index (χ0n) is 17.4. The molecule has 30 heavy (non-hydrogen) atoms. The predicted octanol–water partition coefficient (Wildman–Crippen LogP) is 2.55. The van der Waals surface area contributed by atoms with Crippen LogP contribution in [0.5, 0.6) is 0 Å². The van der Waals surface area contributed by atoms with Gasteiger partial charge in [0.25, 0.3) is 0 Å². The molecule has 4 aliphatic carbocycles. The molecule has 0 amide bonds. The van der Waals surface area contributed by atoms with Gasteiger partial charge in [0, 0.05) is 30.1 Å². The molecule has 0 saturated heterocycles. The zero-order chi connectivity index (χ0) is 22.1. The van der Waals surface area contributed by atoms with Gasteiger partial charge in [0.15, 0.2) is 12.4 Å². The van der Waals surface area contributed by atoms with Gasteiger partial charge in [0.05, 0.1) is 5.38 Å². The van der Waals surface area contributed by atoms with Gasteiger partial charge in [-0.1, -0.05) is 19.9 Å². The molecule has 162 valence electrons. The summed E-state index contributed by atoms with van der Waals surface area (Å²) in [6.45, 7) is 4.48. The van der Waals surface area contributed by atoms with Crippen molar-refractivity contribution in [3.05, 3.63) is 23.8 Å². The van der Waals surface area contributed by atoms with Crippen molar-refractivity contribution < 1.29 is 29.0 Å². The Bertz CT molecular complexity index is 905. The molecule has 0 aromatic rings. The van der Waals surface area contributed by atoms with Gasteiger partial charge >= 0.3 is 5.97 Å². The smallest absolute Gasteiger partial charge is 0.303 e. The number of aliphatic hydroxyl groups is 1. The molecule has 0 radical (unpaired) electrons. The second-order valence-electron chi connectivity index (χ2n) is 9.73. The highest BCUT2D eigenvalue weighted by molar-refractivity contribution is 6.23. The largest absolute Gasteiger partial charge is 0.458 e. The van der Waals surface area contributed by atoms with Gasteiger partial charge in [0.1, 0.15) is 11.4 Å². The minimum Gasteiger partial charge on any atom is -0.458 e. The Morgan fingerprint density at radius 1 is 1.30 bits per heavy atom. The first-order valence-corrected chi connectivity index (χ1v) is 10.9. The molecule has 3 unspecified atom stereocenters. The highest BCUT2D eigenvalue weighted by Crippen LogP contribution is 2.66. The molecule has 7 atom stereocenters. The molecule has 1 N–H and O–H groups in total. The number of Topliss-reactive ketones (excluding diaryl/α,β-unsaturated/α-hetero) is 2. The lowest BCUT2D eigenvalue weighted by atomic mass is 9.46. The first-order valence-electron chi connectivity index (χ1n) is 10.4. The second kappa shape index (κ2) is 6.86. The molecular formula is C23H27ClO6. The van der Waals surface area contributed by atoms with E-state index in [0.29, 0.717) is 12.8 Å². The van der Waals surface area contributed by atoms with Gasteiger partial charge in [0.2, 0.25) is 5.78 Å². The third-order valence-electron chi connectivity index (χ3n) is 8.26. The fourth-order valence-corrected chi connectivity index (χ4v) is 7.30. The van der Waals surface area contributed by atoms with E-state index in [1.807, 2.05) is 19.9 Å². The highest BCUT2D eigenvalue weighted by atomic mass is 35.5. The summed E-state index contributed by atoms with van der Waals surface area (Å²) in [6, 6.07) is 0. The molecular weight excluding hydrogens is 408 g/mol. The number of carbonyl (C=O) groups excluding carboxylic acids is 4. The van der Waals surface area contributed by atoms with E-state index >= 15 is 0 Å². The first kappa shape index (κ1) is 21.4. The Labute approximate surface area is 180 Å². The fraction of sp³-hybridized carbons (Fsp3) is 0.652. The predicted molar refractivity (Wildman–Crippen MR) is 109 cm³/mol. The number of carbonyl (C=O) groups is 4. The quantitative estimate of drug-likeness (QED) is 0.541. The van der Waals surface area contributed by atoms with Crippen molar-refractivity contribution in [3.63, 3.8) is 0 Å². The molecule has 0 aliphatic heterocycles. The van der Waals surface area contributed by atoms with Crippen LogP contribution in [-0.4, -0.2) is 46.0 Å². The molecule has 0 spiro atoms. The lowest BCUT2D eigenvalue weighted by molar-refractivity contribution is -0.172. The number of alkyl halides is 1. The Kier molecular flexibility index (Phi) is 4.90. The van der Waals surface area contributed by atoms with Crippen molar-refractivity contribution in [1.82, 2.24) is 0 Å². The van der Waals surface area contributed by atoms with E-state index in [2.05, 4.69) is 0 Å². The molecule has 3 fully saturated rings. The molecule has 6 nitrogen and oxygen atoms in total. The van der Waals surface area contributed by atoms with Gasteiger partial charge < -0.3 is 9.84 Å². The number of halogens is 1. The molecule has 4 rings (SSSR count). The standard InChI is InChI=1S/C23H27ClO6/c1-12(25)30-11-19(28)23(29)7-5-15-14-9-17(24)16-8-13(26)4-6-21(16,2)20(14)18(27)10-22(15,23)3/h4,6,8,14-15,17,20,29H,5,7,9-11H2,1-3H3/t14?,15?,17-,20?,21-,22-,23-/m0/s1. The summed E-state index contributed by atoms with van der Waals surface area (Å²) in [5.41, 5.74) is -2.51. The Morgan fingerprint density at radius 3 is 2.67 bits per heavy atom. The van der Waals surface area contributed by atoms with Crippen LogP contribution in [0, 0.1) is 28.6 Å². The van der Waals surface area contributed by atoms with Crippen LogP contribution in [0.25, 0.3) is 0 Å². The lowest BCUT2D eigenvalue weighted by Crippen LogP contribution is -2.61. The van der Waals surface area contributed by atoms with Crippen LogP contribution in [0.3, 0.4) is 0 Å². The van der Waals surface area contributed by atoms with Gasteiger partial charge in [-0.25, -0.2) is 0 Å². The van der Waals surface area contributed by atoms with Crippen molar-refractivity contribution in [2.24, 2.45) is 28.6 Å². The number of ether oxygens (including phenoxy) is 1. The number of ketones is 3. The van der Waals surface area contributed by atoms with Gasteiger partial charge in [-0.05, 0) is 48.8 Å². The van der Waals surface area contributed by atoms with E-state index in [1.54, 1.807) is 6.08 Å². The van der Waals surface area contributed by atoms with Crippen molar-refractivity contribution in [2.45, 2.75) is 57.4 Å². The number of hydrogen-bond donors (Lipinski definition) is 1. The van der Waals surface area contributed by atoms with Crippen molar-refractivity contribution in [2.75, 3.05) is 6.61 Å². The summed E-state index contributed by atoms with van der Waals surface area (Å²) in [4.78, 5) is 49.4. The number of rotatable bonds is 3. The second-order valence-corrected chi connectivity index (χ2v) is 10.3. The summed E-state index contributed by atoms with van der Waals surface area (Å²) in [6.07, 6.45) is 6.28. The van der Waals surface area contributed by atoms with Gasteiger partial charge in [-0.3, -0.25) is 19.2 Å². The van der Waals surface area contributed by atoms with Crippen LogP contribution in [-0.2, 0) is 23.9 Å². The molecule has 3 saturated carbocycles. The molecule has 0 aromatic carbocycles. The third kappa shape index (κ3) is 2.79. The average Bonchev–Trinajstić information content (AvgIpc) is 2.93. The zero-order valence-corrected chi connectivity index (χ0v) is 18.2. The average molecular weight is 435 g/mol.